The summed E-state index contributed by atoms with van der Waals surface area (Å²) in [6.07, 6.45) is 10.3. The normalized spacial score (nSPS) is 30.7. The first-order valence-corrected chi connectivity index (χ1v) is 8.94. The maximum atomic E-state index is 3.65. The third-order valence-corrected chi connectivity index (χ3v) is 6.34. The number of nitrogens with one attached hydrogen (secondary N) is 1. The van der Waals surface area contributed by atoms with Crippen molar-refractivity contribution in [2.24, 2.45) is 17.8 Å². The molecular formula is C20H31N. The maximum Gasteiger partial charge on any atom is 0.0348 e. The molecule has 21 heavy (non-hydrogen) atoms. The second-order valence-electron chi connectivity index (χ2n) is 7.43. The molecule has 2 fully saturated rings. The van der Waals surface area contributed by atoms with Crippen LogP contribution >= 0.6 is 0 Å². The molecule has 0 amide bonds. The molecule has 4 atom stereocenters. The highest BCUT2D eigenvalue weighted by molar-refractivity contribution is 5.35. The lowest BCUT2D eigenvalue weighted by molar-refractivity contribution is 0.111. The lowest BCUT2D eigenvalue weighted by Crippen LogP contribution is -2.34. The number of rotatable bonds is 3. The molecule has 0 aromatic heterocycles. The van der Waals surface area contributed by atoms with Crippen LogP contribution in [0.25, 0.3) is 0 Å². The minimum atomic E-state index is 0.549. The molecule has 1 heteroatoms. The predicted octanol–water partition coefficient (Wildman–Crippen LogP) is 5.17. The standard InChI is InChI=1S/C20H31N/c1-14-7-6-10-19(15(14)2)20(21-3)18-12-11-16-8-4-5-9-17(16)13-18/h6-7,10,16-18,20-21H,4-5,8-9,11-13H2,1-3H3. The minimum Gasteiger partial charge on any atom is -0.313 e. The van der Waals surface area contributed by atoms with Gasteiger partial charge in [0.25, 0.3) is 0 Å². The highest BCUT2D eigenvalue weighted by Crippen LogP contribution is 2.46. The molecule has 0 radical (unpaired) electrons. The highest BCUT2D eigenvalue weighted by Gasteiger charge is 2.35. The van der Waals surface area contributed by atoms with E-state index in [1.54, 1.807) is 0 Å². The lowest BCUT2D eigenvalue weighted by Gasteiger charge is -2.42. The van der Waals surface area contributed by atoms with Gasteiger partial charge in [0, 0.05) is 6.04 Å². The largest absolute Gasteiger partial charge is 0.313 e. The highest BCUT2D eigenvalue weighted by atomic mass is 14.9. The summed E-state index contributed by atoms with van der Waals surface area (Å²) in [7, 11) is 2.15. The molecule has 3 rings (SSSR count). The SMILES string of the molecule is CNC(c1cccc(C)c1C)C1CCC2CCCCC2C1. The molecule has 0 heterocycles. The summed E-state index contributed by atoms with van der Waals surface area (Å²) in [4.78, 5) is 0. The fraction of sp³-hybridized carbons (Fsp3) is 0.700. The summed E-state index contributed by atoms with van der Waals surface area (Å²) in [6.45, 7) is 4.53. The average molecular weight is 285 g/mol. The molecule has 4 unspecified atom stereocenters. The number of hydrogen-bond donors (Lipinski definition) is 1. The van der Waals surface area contributed by atoms with E-state index in [4.69, 9.17) is 0 Å². The van der Waals surface area contributed by atoms with E-state index in [1.807, 2.05) is 0 Å². The number of hydrogen-bond acceptors (Lipinski definition) is 1. The van der Waals surface area contributed by atoms with Crippen LogP contribution < -0.4 is 5.32 Å². The molecule has 2 saturated carbocycles. The van der Waals surface area contributed by atoms with Gasteiger partial charge in [0.15, 0.2) is 0 Å². The summed E-state index contributed by atoms with van der Waals surface area (Å²) in [6, 6.07) is 7.36. The van der Waals surface area contributed by atoms with Gasteiger partial charge in [0.1, 0.15) is 0 Å². The van der Waals surface area contributed by atoms with Gasteiger partial charge in [-0.2, -0.15) is 0 Å². The van der Waals surface area contributed by atoms with E-state index in [0.29, 0.717) is 6.04 Å². The van der Waals surface area contributed by atoms with E-state index in [1.165, 1.54) is 61.6 Å². The molecule has 1 aromatic rings. The van der Waals surface area contributed by atoms with Gasteiger partial charge < -0.3 is 5.32 Å². The number of fused-ring (bicyclic) bond motifs is 1. The quantitative estimate of drug-likeness (QED) is 0.808. The zero-order chi connectivity index (χ0) is 14.8. The van der Waals surface area contributed by atoms with Crippen molar-refractivity contribution in [3.8, 4) is 0 Å². The Labute approximate surface area is 130 Å². The van der Waals surface area contributed by atoms with Gasteiger partial charge in [-0.1, -0.05) is 43.9 Å². The molecule has 0 saturated heterocycles. The van der Waals surface area contributed by atoms with Gasteiger partial charge in [-0.05, 0) is 74.6 Å². The first-order chi connectivity index (χ1) is 10.2. The van der Waals surface area contributed by atoms with E-state index in [0.717, 1.165) is 17.8 Å². The molecule has 0 spiro atoms. The molecule has 0 bridgehead atoms. The average Bonchev–Trinajstić information content (AvgIpc) is 2.52. The number of aryl methyl sites for hydroxylation is 1. The van der Waals surface area contributed by atoms with E-state index in [-0.39, 0.29) is 0 Å². The first kappa shape index (κ1) is 15.1. The van der Waals surface area contributed by atoms with Crippen molar-refractivity contribution in [3.63, 3.8) is 0 Å². The van der Waals surface area contributed by atoms with Crippen LogP contribution in [-0.4, -0.2) is 7.05 Å². The summed E-state index contributed by atoms with van der Waals surface area (Å²) in [5.74, 6) is 2.89. The minimum absolute atomic E-state index is 0.549. The van der Waals surface area contributed by atoms with Gasteiger partial charge in [-0.25, -0.2) is 0 Å². The van der Waals surface area contributed by atoms with Crippen molar-refractivity contribution < 1.29 is 0 Å². The summed E-state index contributed by atoms with van der Waals surface area (Å²) < 4.78 is 0. The number of benzene rings is 1. The van der Waals surface area contributed by atoms with Crippen LogP contribution in [0.1, 0.15) is 67.7 Å². The smallest absolute Gasteiger partial charge is 0.0348 e. The zero-order valence-corrected chi connectivity index (χ0v) is 14.0. The Hall–Kier alpha value is -0.820. The van der Waals surface area contributed by atoms with E-state index < -0.39 is 0 Å². The molecule has 116 valence electrons. The van der Waals surface area contributed by atoms with Crippen LogP contribution in [0, 0.1) is 31.6 Å². The molecule has 0 aliphatic heterocycles. The molecule has 2 aliphatic carbocycles. The fourth-order valence-corrected chi connectivity index (χ4v) is 4.97. The zero-order valence-electron chi connectivity index (χ0n) is 14.0. The second-order valence-corrected chi connectivity index (χ2v) is 7.43. The third kappa shape index (κ3) is 3.04. The van der Waals surface area contributed by atoms with E-state index in [9.17, 15) is 0 Å². The van der Waals surface area contributed by atoms with Crippen molar-refractivity contribution in [2.45, 2.75) is 64.8 Å². The van der Waals surface area contributed by atoms with Gasteiger partial charge in [0.2, 0.25) is 0 Å². The van der Waals surface area contributed by atoms with Gasteiger partial charge in [0.05, 0.1) is 0 Å². The summed E-state index contributed by atoms with van der Waals surface area (Å²) >= 11 is 0. The van der Waals surface area contributed by atoms with Crippen LogP contribution in [0.2, 0.25) is 0 Å². The van der Waals surface area contributed by atoms with Gasteiger partial charge in [-0.15, -0.1) is 0 Å². The lowest BCUT2D eigenvalue weighted by atomic mass is 9.65. The van der Waals surface area contributed by atoms with Crippen LogP contribution in [0.4, 0.5) is 0 Å². The molecular weight excluding hydrogens is 254 g/mol. The maximum absolute atomic E-state index is 3.65. The third-order valence-electron chi connectivity index (χ3n) is 6.34. The monoisotopic (exact) mass is 285 g/mol. The fourth-order valence-electron chi connectivity index (χ4n) is 4.97. The van der Waals surface area contributed by atoms with Gasteiger partial charge >= 0.3 is 0 Å². The Morgan fingerprint density at radius 3 is 2.52 bits per heavy atom. The topological polar surface area (TPSA) is 12.0 Å². The Kier molecular flexibility index (Phi) is 4.69. The Morgan fingerprint density at radius 1 is 1.00 bits per heavy atom. The van der Waals surface area contributed by atoms with Crippen molar-refractivity contribution in [1.29, 1.82) is 0 Å². The summed E-state index contributed by atoms with van der Waals surface area (Å²) in [5, 5.41) is 3.65. The Balaban J connectivity index is 1.78. The first-order valence-electron chi connectivity index (χ1n) is 8.94. The molecule has 1 aromatic carbocycles. The van der Waals surface area contributed by atoms with Crippen molar-refractivity contribution in [2.75, 3.05) is 7.05 Å². The summed E-state index contributed by atoms with van der Waals surface area (Å²) in [5.41, 5.74) is 4.46. The van der Waals surface area contributed by atoms with E-state index >= 15 is 0 Å². The molecule has 1 N–H and O–H groups in total. The Bertz CT molecular complexity index is 479. The van der Waals surface area contributed by atoms with Crippen LogP contribution in [0.3, 0.4) is 0 Å². The second kappa shape index (κ2) is 6.52. The van der Waals surface area contributed by atoms with Gasteiger partial charge in [-0.3, -0.25) is 0 Å². The molecule has 2 aliphatic rings. The Morgan fingerprint density at radius 2 is 1.76 bits per heavy atom. The van der Waals surface area contributed by atoms with Crippen molar-refractivity contribution in [1.82, 2.24) is 5.32 Å². The predicted molar refractivity (Wildman–Crippen MR) is 90.5 cm³/mol. The van der Waals surface area contributed by atoms with Crippen LogP contribution in [-0.2, 0) is 0 Å². The molecule has 1 nitrogen and oxygen atoms in total. The van der Waals surface area contributed by atoms with Crippen LogP contribution in [0.5, 0.6) is 0 Å². The van der Waals surface area contributed by atoms with Crippen molar-refractivity contribution in [3.05, 3.63) is 34.9 Å². The van der Waals surface area contributed by atoms with E-state index in [2.05, 4.69) is 44.4 Å². The van der Waals surface area contributed by atoms with Crippen LogP contribution in [0.15, 0.2) is 18.2 Å². The van der Waals surface area contributed by atoms with Crippen molar-refractivity contribution >= 4 is 0 Å².